The molecule has 1 fully saturated rings. The molecule has 28 heavy (non-hydrogen) atoms. The van der Waals surface area contributed by atoms with Crippen molar-refractivity contribution in [3.63, 3.8) is 0 Å². The average molecular weight is 402 g/mol. The second-order valence-electron chi connectivity index (χ2n) is 8.23. The summed E-state index contributed by atoms with van der Waals surface area (Å²) in [6, 6.07) is 11.0. The van der Waals surface area contributed by atoms with E-state index in [9.17, 15) is 13.2 Å². The quantitative estimate of drug-likeness (QED) is 0.832. The van der Waals surface area contributed by atoms with Crippen molar-refractivity contribution in [2.75, 3.05) is 11.9 Å². The molecule has 0 radical (unpaired) electrons. The van der Waals surface area contributed by atoms with Gasteiger partial charge in [-0.25, -0.2) is 13.4 Å². The van der Waals surface area contributed by atoms with Crippen molar-refractivity contribution in [1.29, 1.82) is 0 Å². The van der Waals surface area contributed by atoms with E-state index in [-0.39, 0.29) is 17.0 Å². The monoisotopic (exact) mass is 401 g/mol. The number of likely N-dealkylation sites (tertiary alicyclic amines) is 1. The molecule has 1 aromatic heterocycles. The largest absolute Gasteiger partial charge is 0.372 e. The third-order valence-corrected chi connectivity index (χ3v) is 7.35. The number of hydrogen-bond donors (Lipinski definition) is 1. The Labute approximate surface area is 166 Å². The van der Waals surface area contributed by atoms with E-state index in [2.05, 4.69) is 10.3 Å². The molecule has 2 aromatic rings. The number of aromatic nitrogens is 1. The van der Waals surface area contributed by atoms with Crippen LogP contribution in [0.25, 0.3) is 0 Å². The molecule has 1 atom stereocenters. The summed E-state index contributed by atoms with van der Waals surface area (Å²) < 4.78 is 24.0. The van der Waals surface area contributed by atoms with Crippen LogP contribution in [0.15, 0.2) is 47.6 Å². The molecule has 1 saturated heterocycles. The zero-order valence-corrected chi connectivity index (χ0v) is 17.6. The first-order valence-electron chi connectivity index (χ1n) is 9.39. The highest BCUT2D eigenvalue weighted by Crippen LogP contribution is 2.25. The Morgan fingerprint density at radius 1 is 1.14 bits per heavy atom. The maximum absolute atomic E-state index is 12.7. The van der Waals surface area contributed by atoms with Gasteiger partial charge in [0.25, 0.3) is 0 Å². The Kier molecular flexibility index (Phi) is 5.48. The average Bonchev–Trinajstić information content (AvgIpc) is 2.96. The lowest BCUT2D eigenvalue weighted by molar-refractivity contribution is -0.128. The molecule has 1 unspecified atom stereocenters. The minimum atomic E-state index is -3.49. The normalized spacial score (nSPS) is 17.8. The Morgan fingerprint density at radius 3 is 2.39 bits per heavy atom. The summed E-state index contributed by atoms with van der Waals surface area (Å²) in [6.07, 6.45) is 2.18. The number of pyridine rings is 1. The number of rotatable bonds is 5. The molecule has 0 bridgehead atoms. The second kappa shape index (κ2) is 7.54. The van der Waals surface area contributed by atoms with Crippen LogP contribution in [0, 0.1) is 6.92 Å². The van der Waals surface area contributed by atoms with E-state index >= 15 is 0 Å². The molecule has 7 heteroatoms. The molecule has 1 N–H and O–H groups in total. The topological polar surface area (TPSA) is 79.4 Å². The zero-order chi connectivity index (χ0) is 20.5. The summed E-state index contributed by atoms with van der Waals surface area (Å²) in [5.74, 6) is 0.0481. The van der Waals surface area contributed by atoms with Crippen molar-refractivity contribution in [3.8, 4) is 0 Å². The van der Waals surface area contributed by atoms with Gasteiger partial charge < -0.3 is 10.2 Å². The maximum atomic E-state index is 12.7. The van der Waals surface area contributed by atoms with E-state index in [1.54, 1.807) is 26.8 Å². The van der Waals surface area contributed by atoms with Gasteiger partial charge in [0.2, 0.25) is 5.91 Å². The first-order valence-corrected chi connectivity index (χ1v) is 10.9. The number of anilines is 1. The fourth-order valence-corrected chi connectivity index (χ4v) is 4.15. The lowest BCUT2D eigenvalue weighted by Gasteiger charge is -2.19. The Balaban J connectivity index is 1.64. The minimum Gasteiger partial charge on any atom is -0.372 e. The van der Waals surface area contributed by atoms with Gasteiger partial charge in [0.15, 0.2) is 14.9 Å². The molecule has 0 aliphatic carbocycles. The number of sulfone groups is 1. The van der Waals surface area contributed by atoms with Crippen LogP contribution in [0.3, 0.4) is 0 Å². The van der Waals surface area contributed by atoms with E-state index < -0.39 is 14.6 Å². The van der Waals surface area contributed by atoms with E-state index in [1.807, 2.05) is 36.1 Å². The molecule has 3 rings (SSSR count). The van der Waals surface area contributed by atoms with Gasteiger partial charge in [0, 0.05) is 13.1 Å². The molecule has 150 valence electrons. The highest BCUT2D eigenvalue weighted by Gasteiger charge is 2.33. The van der Waals surface area contributed by atoms with Gasteiger partial charge in [0.05, 0.1) is 16.6 Å². The molecular formula is C21H27N3O3S. The van der Waals surface area contributed by atoms with Gasteiger partial charge in [0.1, 0.15) is 6.04 Å². The molecule has 1 aromatic carbocycles. The van der Waals surface area contributed by atoms with Gasteiger partial charge >= 0.3 is 0 Å². The van der Waals surface area contributed by atoms with Gasteiger partial charge in [-0.05, 0) is 51.8 Å². The highest BCUT2D eigenvalue weighted by molar-refractivity contribution is 7.92. The molecular weight excluding hydrogens is 374 g/mol. The number of aryl methyl sites for hydroxylation is 1. The number of carbonyl (C=O) groups is 1. The summed E-state index contributed by atoms with van der Waals surface area (Å²) in [4.78, 5) is 18.6. The fourth-order valence-electron chi connectivity index (χ4n) is 3.08. The summed E-state index contributed by atoms with van der Waals surface area (Å²) in [5.41, 5.74) is 2.95. The van der Waals surface area contributed by atoms with Crippen LogP contribution in [0.2, 0.25) is 0 Å². The molecule has 1 aliphatic rings. The fraction of sp³-hybridized carbons (Fsp3) is 0.429. The van der Waals surface area contributed by atoms with Crippen LogP contribution in [0.5, 0.6) is 0 Å². The third kappa shape index (κ3) is 4.19. The lowest BCUT2D eigenvalue weighted by Crippen LogP contribution is -2.33. The van der Waals surface area contributed by atoms with Gasteiger partial charge in [-0.15, -0.1) is 0 Å². The molecule has 6 nitrogen and oxygen atoms in total. The molecule has 0 saturated carbocycles. The predicted molar refractivity (Wildman–Crippen MR) is 110 cm³/mol. The first kappa shape index (κ1) is 20.3. The molecule has 2 heterocycles. The van der Waals surface area contributed by atoms with Crippen molar-refractivity contribution in [1.82, 2.24) is 9.88 Å². The van der Waals surface area contributed by atoms with E-state index in [4.69, 9.17) is 0 Å². The Bertz CT molecular complexity index is 946. The van der Waals surface area contributed by atoms with Crippen molar-refractivity contribution in [2.24, 2.45) is 0 Å². The Hall–Kier alpha value is -2.41. The van der Waals surface area contributed by atoms with Crippen molar-refractivity contribution in [2.45, 2.75) is 56.5 Å². The number of carbonyl (C=O) groups excluding carboxylic acids is 1. The minimum absolute atomic E-state index is 0.0456. The van der Waals surface area contributed by atoms with Crippen LogP contribution in [-0.4, -0.2) is 41.5 Å². The Morgan fingerprint density at radius 2 is 1.82 bits per heavy atom. The number of amides is 1. The van der Waals surface area contributed by atoms with E-state index in [0.29, 0.717) is 25.2 Å². The summed E-state index contributed by atoms with van der Waals surface area (Å²) in [7, 11) is -3.49. The van der Waals surface area contributed by atoms with E-state index in [0.717, 1.165) is 5.56 Å². The summed E-state index contributed by atoms with van der Waals surface area (Å²) in [5, 5.41) is 3.23. The third-order valence-electron chi connectivity index (χ3n) is 4.95. The molecule has 1 amide bonds. The van der Waals surface area contributed by atoms with Crippen molar-refractivity contribution in [3.05, 3.63) is 53.7 Å². The highest BCUT2D eigenvalue weighted by atomic mass is 32.2. The van der Waals surface area contributed by atoms with Gasteiger partial charge in [-0.3, -0.25) is 4.79 Å². The summed E-state index contributed by atoms with van der Waals surface area (Å²) in [6.45, 7) is 8.27. The summed E-state index contributed by atoms with van der Waals surface area (Å²) >= 11 is 0. The van der Waals surface area contributed by atoms with Crippen LogP contribution < -0.4 is 5.32 Å². The van der Waals surface area contributed by atoms with Crippen molar-refractivity contribution >= 4 is 21.4 Å². The maximum Gasteiger partial charge on any atom is 0.245 e. The van der Waals surface area contributed by atoms with Gasteiger partial charge in [-0.1, -0.05) is 29.8 Å². The molecule has 0 spiro atoms. The van der Waals surface area contributed by atoms with Crippen LogP contribution in [-0.2, 0) is 21.2 Å². The first-order chi connectivity index (χ1) is 13.1. The smallest absolute Gasteiger partial charge is 0.245 e. The van der Waals surface area contributed by atoms with Crippen molar-refractivity contribution < 1.29 is 13.2 Å². The predicted octanol–water partition coefficient (Wildman–Crippen LogP) is 3.18. The zero-order valence-electron chi connectivity index (χ0n) is 16.8. The number of nitrogens with zero attached hydrogens (tertiary/aromatic N) is 2. The molecule has 1 aliphatic heterocycles. The standard InChI is InChI=1S/C21H27N3O3S/c1-15-5-7-16(8-6-15)14-24-12-11-18(20(24)25)23-17-9-10-19(22-13-17)28(26,27)21(2,3)4/h5-10,13,18,23H,11-12,14H2,1-4H3. The number of nitrogens with one attached hydrogen (secondary N) is 1. The van der Waals surface area contributed by atoms with Gasteiger partial charge in [-0.2, -0.15) is 0 Å². The van der Waals surface area contributed by atoms with Crippen LogP contribution >= 0.6 is 0 Å². The second-order valence-corrected chi connectivity index (χ2v) is 10.9. The number of benzene rings is 1. The van der Waals surface area contributed by atoms with Crippen LogP contribution in [0.1, 0.15) is 38.3 Å². The SMILES string of the molecule is Cc1ccc(CN2CCC(Nc3ccc(S(=O)(=O)C(C)(C)C)nc3)C2=O)cc1. The number of hydrogen-bond acceptors (Lipinski definition) is 5. The lowest BCUT2D eigenvalue weighted by atomic mass is 10.1. The van der Waals surface area contributed by atoms with Crippen LogP contribution in [0.4, 0.5) is 5.69 Å². The van der Waals surface area contributed by atoms with E-state index in [1.165, 1.54) is 17.8 Å².